The molecule has 0 heterocycles. The van der Waals surface area contributed by atoms with Crippen LogP contribution in [0.25, 0.3) is 0 Å². The van der Waals surface area contributed by atoms with Crippen LogP contribution in [0, 0.1) is 0 Å². The van der Waals surface area contributed by atoms with Crippen LogP contribution >= 0.6 is 11.8 Å². The highest BCUT2D eigenvalue weighted by atomic mass is 32.2. The lowest BCUT2D eigenvalue weighted by molar-refractivity contribution is 0.468. The van der Waals surface area contributed by atoms with Gasteiger partial charge in [0.2, 0.25) is 0 Å². The van der Waals surface area contributed by atoms with Crippen molar-refractivity contribution in [1.29, 1.82) is 0 Å². The van der Waals surface area contributed by atoms with Crippen LogP contribution in [0.4, 0.5) is 0 Å². The zero-order valence-corrected chi connectivity index (χ0v) is 10.1. The smallest absolute Gasteiger partial charge is 0.0257 e. The van der Waals surface area contributed by atoms with E-state index in [0.717, 1.165) is 17.9 Å². The van der Waals surface area contributed by atoms with Gasteiger partial charge in [-0.25, -0.2) is 0 Å². The van der Waals surface area contributed by atoms with Gasteiger partial charge in [0, 0.05) is 17.8 Å². The van der Waals surface area contributed by atoms with Gasteiger partial charge in [-0.3, -0.25) is 0 Å². The molecule has 1 aromatic rings. The minimum absolute atomic E-state index is 0.205. The van der Waals surface area contributed by atoms with Crippen LogP contribution in [0.2, 0.25) is 0 Å². The quantitative estimate of drug-likeness (QED) is 0.727. The summed E-state index contributed by atoms with van der Waals surface area (Å²) in [5.74, 6) is 2.13. The van der Waals surface area contributed by atoms with E-state index in [9.17, 15) is 0 Å². The lowest BCUT2D eigenvalue weighted by Gasteiger charge is -2.21. The summed E-state index contributed by atoms with van der Waals surface area (Å²) in [6.45, 7) is 2.56. The highest BCUT2D eigenvalue weighted by Crippen LogP contribution is 2.15. The van der Waals surface area contributed by atoms with Gasteiger partial charge in [-0.1, -0.05) is 30.3 Å². The Morgan fingerprint density at radius 3 is 2.53 bits per heavy atom. The zero-order chi connectivity index (χ0) is 11.1. The van der Waals surface area contributed by atoms with E-state index in [1.54, 1.807) is 0 Å². The Morgan fingerprint density at radius 1 is 1.27 bits per heavy atom. The van der Waals surface area contributed by atoms with Gasteiger partial charge >= 0.3 is 0 Å². The molecule has 0 radical (unpaired) electrons. The average Bonchev–Trinajstić information content (AvgIpc) is 2.26. The van der Waals surface area contributed by atoms with Crippen LogP contribution in [0.3, 0.4) is 0 Å². The summed E-state index contributed by atoms with van der Waals surface area (Å²) in [5.41, 5.74) is 12.7. The SMILES string of the molecule is CC(N)(CN)CCSCc1ccccc1. The van der Waals surface area contributed by atoms with Crippen molar-refractivity contribution in [3.8, 4) is 0 Å². The Morgan fingerprint density at radius 2 is 1.93 bits per heavy atom. The van der Waals surface area contributed by atoms with Crippen LogP contribution in [-0.2, 0) is 5.75 Å². The summed E-state index contributed by atoms with van der Waals surface area (Å²) in [6, 6.07) is 10.5. The first-order valence-corrected chi connectivity index (χ1v) is 6.40. The fourth-order valence-corrected chi connectivity index (χ4v) is 2.35. The minimum atomic E-state index is -0.205. The average molecular weight is 224 g/mol. The van der Waals surface area contributed by atoms with E-state index in [2.05, 4.69) is 24.3 Å². The summed E-state index contributed by atoms with van der Waals surface area (Å²) < 4.78 is 0. The topological polar surface area (TPSA) is 52.0 Å². The molecular weight excluding hydrogens is 204 g/mol. The number of nitrogens with two attached hydrogens (primary N) is 2. The van der Waals surface area contributed by atoms with Gasteiger partial charge in [0.25, 0.3) is 0 Å². The third-order valence-corrected chi connectivity index (χ3v) is 3.43. The Labute approximate surface area is 96.4 Å². The second-order valence-electron chi connectivity index (χ2n) is 4.15. The Balaban J connectivity index is 2.18. The standard InChI is InChI=1S/C12H20N2S/c1-12(14,10-13)7-8-15-9-11-5-3-2-4-6-11/h2-6H,7-10,13-14H2,1H3. The van der Waals surface area contributed by atoms with Gasteiger partial charge in [0.05, 0.1) is 0 Å². The molecule has 0 bridgehead atoms. The molecule has 3 heteroatoms. The molecule has 0 aliphatic heterocycles. The third-order valence-electron chi connectivity index (χ3n) is 2.40. The molecule has 0 aliphatic rings. The predicted molar refractivity (Wildman–Crippen MR) is 68.9 cm³/mol. The van der Waals surface area contributed by atoms with Crippen molar-refractivity contribution < 1.29 is 0 Å². The Kier molecular flexibility index (Phi) is 5.15. The lowest BCUT2D eigenvalue weighted by Crippen LogP contribution is -2.44. The van der Waals surface area contributed by atoms with Crippen molar-refractivity contribution in [3.63, 3.8) is 0 Å². The molecule has 4 N–H and O–H groups in total. The molecule has 1 unspecified atom stereocenters. The number of benzene rings is 1. The van der Waals surface area contributed by atoms with Gasteiger partial charge in [-0.15, -0.1) is 0 Å². The molecule has 0 aliphatic carbocycles. The number of rotatable bonds is 6. The van der Waals surface area contributed by atoms with Crippen molar-refractivity contribution in [2.24, 2.45) is 11.5 Å². The summed E-state index contributed by atoms with van der Waals surface area (Å²) in [6.07, 6.45) is 0.973. The van der Waals surface area contributed by atoms with E-state index < -0.39 is 0 Å². The fourth-order valence-electron chi connectivity index (χ4n) is 1.17. The Hall–Kier alpha value is -0.510. The monoisotopic (exact) mass is 224 g/mol. The summed E-state index contributed by atoms with van der Waals surface area (Å²) in [4.78, 5) is 0. The molecular formula is C12H20N2S. The minimum Gasteiger partial charge on any atom is -0.329 e. The van der Waals surface area contributed by atoms with E-state index in [1.807, 2.05) is 24.8 Å². The summed E-state index contributed by atoms with van der Waals surface area (Å²) in [7, 11) is 0. The number of hydrogen-bond donors (Lipinski definition) is 2. The van der Waals surface area contributed by atoms with Crippen LogP contribution in [0.1, 0.15) is 18.9 Å². The molecule has 0 fully saturated rings. The third kappa shape index (κ3) is 5.21. The molecule has 0 saturated carbocycles. The maximum absolute atomic E-state index is 5.96. The van der Waals surface area contributed by atoms with Gasteiger partial charge in [-0.2, -0.15) is 11.8 Å². The molecule has 0 spiro atoms. The predicted octanol–water partition coefficient (Wildman–Crippen LogP) is 1.99. The van der Waals surface area contributed by atoms with Crippen molar-refractivity contribution in [1.82, 2.24) is 0 Å². The first-order valence-electron chi connectivity index (χ1n) is 5.25. The van der Waals surface area contributed by atoms with Gasteiger partial charge in [-0.05, 0) is 24.7 Å². The van der Waals surface area contributed by atoms with Crippen LogP contribution < -0.4 is 11.5 Å². The van der Waals surface area contributed by atoms with E-state index in [4.69, 9.17) is 11.5 Å². The molecule has 15 heavy (non-hydrogen) atoms. The molecule has 0 saturated heterocycles. The molecule has 0 amide bonds. The molecule has 1 rings (SSSR count). The maximum atomic E-state index is 5.96. The first kappa shape index (κ1) is 12.6. The number of hydrogen-bond acceptors (Lipinski definition) is 3. The van der Waals surface area contributed by atoms with Gasteiger partial charge < -0.3 is 11.5 Å². The highest BCUT2D eigenvalue weighted by Gasteiger charge is 2.14. The van der Waals surface area contributed by atoms with Gasteiger partial charge in [0.15, 0.2) is 0 Å². The fraction of sp³-hybridized carbons (Fsp3) is 0.500. The summed E-state index contributed by atoms with van der Waals surface area (Å²) >= 11 is 1.91. The van der Waals surface area contributed by atoms with Crippen molar-refractivity contribution in [3.05, 3.63) is 35.9 Å². The molecule has 0 aromatic heterocycles. The second-order valence-corrected chi connectivity index (χ2v) is 5.25. The molecule has 1 aromatic carbocycles. The summed E-state index contributed by atoms with van der Waals surface area (Å²) in [5, 5.41) is 0. The second kappa shape index (κ2) is 6.16. The van der Waals surface area contributed by atoms with Crippen LogP contribution in [-0.4, -0.2) is 17.8 Å². The normalized spacial score (nSPS) is 14.9. The Bertz CT molecular complexity index is 272. The maximum Gasteiger partial charge on any atom is 0.0257 e. The van der Waals surface area contributed by atoms with Crippen molar-refractivity contribution >= 4 is 11.8 Å². The van der Waals surface area contributed by atoms with E-state index in [-0.39, 0.29) is 5.54 Å². The molecule has 1 atom stereocenters. The largest absolute Gasteiger partial charge is 0.329 e. The van der Waals surface area contributed by atoms with E-state index in [1.165, 1.54) is 5.56 Å². The van der Waals surface area contributed by atoms with E-state index >= 15 is 0 Å². The lowest BCUT2D eigenvalue weighted by atomic mass is 10.0. The van der Waals surface area contributed by atoms with Crippen molar-refractivity contribution in [2.75, 3.05) is 12.3 Å². The van der Waals surface area contributed by atoms with Gasteiger partial charge in [0.1, 0.15) is 0 Å². The zero-order valence-electron chi connectivity index (χ0n) is 9.28. The van der Waals surface area contributed by atoms with Crippen molar-refractivity contribution in [2.45, 2.75) is 24.6 Å². The highest BCUT2D eigenvalue weighted by molar-refractivity contribution is 7.98. The van der Waals surface area contributed by atoms with Crippen LogP contribution in [0.5, 0.6) is 0 Å². The molecule has 2 nitrogen and oxygen atoms in total. The molecule has 84 valence electrons. The first-order chi connectivity index (χ1) is 7.14. The van der Waals surface area contributed by atoms with Crippen LogP contribution in [0.15, 0.2) is 30.3 Å². The number of thioether (sulfide) groups is 1. The van der Waals surface area contributed by atoms with E-state index in [0.29, 0.717) is 6.54 Å².